The summed E-state index contributed by atoms with van der Waals surface area (Å²) in [4.78, 5) is 0. The fourth-order valence-electron chi connectivity index (χ4n) is 2.50. The summed E-state index contributed by atoms with van der Waals surface area (Å²) in [5.74, 6) is 1.32. The molecule has 2 saturated heterocycles. The number of thioether (sulfide) groups is 1. The highest BCUT2D eigenvalue weighted by Crippen LogP contribution is 2.28. The molecule has 5 atom stereocenters. The van der Waals surface area contributed by atoms with Crippen LogP contribution in [0.3, 0.4) is 0 Å². The molecular weight excluding hydrogens is 194 g/mol. The molecule has 0 radical (unpaired) electrons. The van der Waals surface area contributed by atoms with Gasteiger partial charge >= 0.3 is 0 Å². The van der Waals surface area contributed by atoms with Crippen LogP contribution < -0.4 is 5.32 Å². The van der Waals surface area contributed by atoms with Crippen LogP contribution in [0.25, 0.3) is 0 Å². The molecule has 0 aromatic rings. The fraction of sp³-hybridized carbons (Fsp3) is 1.00. The standard InChI is InChI=1S/C11H21NOS/c1-7-6-11(8(2)13-7)12-10-4-5-14-9(10)3/h7-12H,4-6H2,1-3H3. The van der Waals surface area contributed by atoms with E-state index in [0.29, 0.717) is 24.3 Å². The molecule has 0 aromatic heterocycles. The summed E-state index contributed by atoms with van der Waals surface area (Å²) < 4.78 is 5.75. The van der Waals surface area contributed by atoms with Crippen molar-refractivity contribution in [3.05, 3.63) is 0 Å². The van der Waals surface area contributed by atoms with E-state index in [1.165, 1.54) is 18.6 Å². The number of rotatable bonds is 2. The molecule has 2 fully saturated rings. The van der Waals surface area contributed by atoms with Crippen molar-refractivity contribution in [1.82, 2.24) is 5.32 Å². The van der Waals surface area contributed by atoms with Gasteiger partial charge in [0.2, 0.25) is 0 Å². The zero-order chi connectivity index (χ0) is 10.1. The van der Waals surface area contributed by atoms with Gasteiger partial charge in [0, 0.05) is 17.3 Å². The Kier molecular flexibility index (Phi) is 3.40. The van der Waals surface area contributed by atoms with Crippen LogP contribution in [-0.2, 0) is 4.74 Å². The van der Waals surface area contributed by atoms with Gasteiger partial charge in [-0.1, -0.05) is 6.92 Å². The second-order valence-corrected chi connectivity index (χ2v) is 6.12. The Bertz CT molecular complexity index is 200. The van der Waals surface area contributed by atoms with Crippen LogP contribution >= 0.6 is 11.8 Å². The minimum Gasteiger partial charge on any atom is -0.374 e. The van der Waals surface area contributed by atoms with Gasteiger partial charge in [-0.25, -0.2) is 0 Å². The largest absolute Gasteiger partial charge is 0.374 e. The highest BCUT2D eigenvalue weighted by atomic mass is 32.2. The molecule has 1 N–H and O–H groups in total. The molecule has 2 heterocycles. The van der Waals surface area contributed by atoms with Crippen LogP contribution in [0.4, 0.5) is 0 Å². The van der Waals surface area contributed by atoms with Crippen LogP contribution in [0.15, 0.2) is 0 Å². The van der Waals surface area contributed by atoms with Gasteiger partial charge in [-0.05, 0) is 32.4 Å². The molecule has 0 aromatic carbocycles. The summed E-state index contributed by atoms with van der Waals surface area (Å²) in [5.41, 5.74) is 0. The summed E-state index contributed by atoms with van der Waals surface area (Å²) in [6, 6.07) is 1.29. The van der Waals surface area contributed by atoms with Crippen molar-refractivity contribution < 1.29 is 4.74 Å². The first-order valence-electron chi connectivity index (χ1n) is 5.70. The zero-order valence-corrected chi connectivity index (χ0v) is 10.1. The Morgan fingerprint density at radius 1 is 1.21 bits per heavy atom. The minimum atomic E-state index is 0.391. The predicted molar refractivity (Wildman–Crippen MR) is 61.9 cm³/mol. The SMILES string of the molecule is CC1CC(NC2CCSC2C)C(C)O1. The second-order valence-electron chi connectivity index (χ2n) is 4.63. The number of nitrogens with one attached hydrogen (secondary N) is 1. The first kappa shape index (κ1) is 10.8. The van der Waals surface area contributed by atoms with Crippen LogP contribution in [-0.4, -0.2) is 35.3 Å². The lowest BCUT2D eigenvalue weighted by Crippen LogP contribution is -2.44. The Morgan fingerprint density at radius 3 is 2.50 bits per heavy atom. The van der Waals surface area contributed by atoms with E-state index >= 15 is 0 Å². The summed E-state index contributed by atoms with van der Waals surface area (Å²) in [5, 5.41) is 4.54. The van der Waals surface area contributed by atoms with E-state index in [9.17, 15) is 0 Å². The van der Waals surface area contributed by atoms with Gasteiger partial charge in [-0.3, -0.25) is 0 Å². The van der Waals surface area contributed by atoms with Crippen LogP contribution in [0.2, 0.25) is 0 Å². The summed E-state index contributed by atoms with van der Waals surface area (Å²) in [6.45, 7) is 6.69. The third-order valence-electron chi connectivity index (χ3n) is 3.40. The summed E-state index contributed by atoms with van der Waals surface area (Å²) in [6.07, 6.45) is 3.33. The van der Waals surface area contributed by atoms with Crippen LogP contribution in [0.5, 0.6) is 0 Å². The van der Waals surface area contributed by atoms with Gasteiger partial charge in [-0.2, -0.15) is 11.8 Å². The average Bonchev–Trinajstić information content (AvgIpc) is 2.62. The molecule has 14 heavy (non-hydrogen) atoms. The van der Waals surface area contributed by atoms with Gasteiger partial charge in [0.1, 0.15) is 0 Å². The minimum absolute atomic E-state index is 0.391. The molecule has 2 nitrogen and oxygen atoms in total. The third-order valence-corrected chi connectivity index (χ3v) is 4.73. The van der Waals surface area contributed by atoms with E-state index in [1.807, 2.05) is 0 Å². The Balaban J connectivity index is 1.85. The number of hydrogen-bond acceptors (Lipinski definition) is 3. The molecule has 3 heteroatoms. The molecule has 2 aliphatic rings. The van der Waals surface area contributed by atoms with Crippen molar-refractivity contribution in [3.63, 3.8) is 0 Å². The van der Waals surface area contributed by atoms with Crippen molar-refractivity contribution in [2.75, 3.05) is 5.75 Å². The van der Waals surface area contributed by atoms with Gasteiger partial charge in [-0.15, -0.1) is 0 Å². The smallest absolute Gasteiger partial charge is 0.0704 e. The van der Waals surface area contributed by atoms with Gasteiger partial charge in [0.15, 0.2) is 0 Å². The molecule has 0 saturated carbocycles. The van der Waals surface area contributed by atoms with Crippen molar-refractivity contribution in [3.8, 4) is 0 Å². The number of ether oxygens (including phenoxy) is 1. The summed E-state index contributed by atoms with van der Waals surface area (Å²) in [7, 11) is 0. The fourth-order valence-corrected chi connectivity index (χ4v) is 3.70. The predicted octanol–water partition coefficient (Wildman–Crippen LogP) is 2.04. The van der Waals surface area contributed by atoms with Crippen molar-refractivity contribution in [2.24, 2.45) is 0 Å². The topological polar surface area (TPSA) is 21.3 Å². The average molecular weight is 215 g/mol. The maximum atomic E-state index is 5.75. The Hall–Kier alpha value is 0.270. The molecule has 2 aliphatic heterocycles. The highest BCUT2D eigenvalue weighted by molar-refractivity contribution is 8.00. The lowest BCUT2D eigenvalue weighted by molar-refractivity contribution is 0.0595. The van der Waals surface area contributed by atoms with Crippen LogP contribution in [0, 0.1) is 0 Å². The molecular formula is C11H21NOS. The first-order chi connectivity index (χ1) is 6.66. The number of hydrogen-bond donors (Lipinski definition) is 1. The second kappa shape index (κ2) is 4.42. The molecule has 2 rings (SSSR count). The van der Waals surface area contributed by atoms with Crippen molar-refractivity contribution in [2.45, 2.75) is 63.2 Å². The van der Waals surface area contributed by atoms with E-state index in [1.54, 1.807) is 0 Å². The monoisotopic (exact) mass is 215 g/mol. The molecule has 82 valence electrons. The molecule has 0 aliphatic carbocycles. The van der Waals surface area contributed by atoms with Crippen molar-refractivity contribution >= 4 is 11.8 Å². The Morgan fingerprint density at radius 2 is 2.00 bits per heavy atom. The van der Waals surface area contributed by atoms with E-state index in [2.05, 4.69) is 37.8 Å². The molecule has 5 unspecified atom stereocenters. The molecule has 0 bridgehead atoms. The normalized spacial score (nSPS) is 48.6. The highest BCUT2D eigenvalue weighted by Gasteiger charge is 2.33. The lowest BCUT2D eigenvalue weighted by atomic mass is 10.1. The van der Waals surface area contributed by atoms with Gasteiger partial charge in [0.05, 0.1) is 12.2 Å². The van der Waals surface area contributed by atoms with E-state index in [-0.39, 0.29) is 0 Å². The quantitative estimate of drug-likeness (QED) is 0.761. The van der Waals surface area contributed by atoms with Gasteiger partial charge < -0.3 is 10.1 Å². The van der Waals surface area contributed by atoms with Crippen molar-refractivity contribution in [1.29, 1.82) is 0 Å². The molecule has 0 spiro atoms. The first-order valence-corrected chi connectivity index (χ1v) is 6.75. The van der Waals surface area contributed by atoms with E-state index in [4.69, 9.17) is 4.74 Å². The van der Waals surface area contributed by atoms with Gasteiger partial charge in [0.25, 0.3) is 0 Å². The zero-order valence-electron chi connectivity index (χ0n) is 9.32. The molecule has 0 amide bonds. The maximum absolute atomic E-state index is 5.75. The third kappa shape index (κ3) is 2.26. The van der Waals surface area contributed by atoms with E-state index < -0.39 is 0 Å². The lowest BCUT2D eigenvalue weighted by Gasteiger charge is -2.23. The maximum Gasteiger partial charge on any atom is 0.0704 e. The Labute approximate surface area is 91.2 Å². The van der Waals surface area contributed by atoms with E-state index in [0.717, 1.165) is 5.25 Å². The summed E-state index contributed by atoms with van der Waals surface area (Å²) >= 11 is 2.09. The van der Waals surface area contributed by atoms with Crippen LogP contribution in [0.1, 0.15) is 33.6 Å².